The Hall–Kier alpha value is -0.810. The van der Waals surface area contributed by atoms with Crippen LogP contribution in [0.25, 0.3) is 0 Å². The molecule has 4 nitrogen and oxygen atoms in total. The van der Waals surface area contributed by atoms with Crippen LogP contribution < -0.4 is 11.1 Å². The first-order valence-corrected chi connectivity index (χ1v) is 6.26. The number of benzene rings is 1. The van der Waals surface area contributed by atoms with Crippen LogP contribution in [0.2, 0.25) is 5.02 Å². The number of methoxy groups -OCH3 is 2. The van der Waals surface area contributed by atoms with Crippen LogP contribution in [0.5, 0.6) is 0 Å². The highest BCUT2D eigenvalue weighted by Gasteiger charge is 2.14. The first-order valence-electron chi connectivity index (χ1n) is 5.89. The zero-order valence-corrected chi connectivity index (χ0v) is 11.8. The molecule has 1 unspecified atom stereocenters. The van der Waals surface area contributed by atoms with Gasteiger partial charge >= 0.3 is 0 Å². The van der Waals surface area contributed by atoms with Gasteiger partial charge in [-0.3, -0.25) is 0 Å². The second kappa shape index (κ2) is 7.59. The average Bonchev–Trinajstić information content (AvgIpc) is 2.38. The fraction of sp³-hybridized carbons (Fsp3) is 0.538. The Labute approximate surface area is 113 Å². The molecule has 0 radical (unpaired) electrons. The van der Waals surface area contributed by atoms with Gasteiger partial charge in [0.1, 0.15) is 0 Å². The van der Waals surface area contributed by atoms with Crippen LogP contribution in [0, 0.1) is 6.92 Å². The van der Waals surface area contributed by atoms with Crippen LogP contribution >= 0.6 is 11.6 Å². The molecular formula is C13H21ClN2O2. The Balaban J connectivity index is 2.64. The second-order valence-corrected chi connectivity index (χ2v) is 4.58. The number of rotatable bonds is 7. The minimum Gasteiger partial charge on any atom is -0.381 e. The number of hydrogen-bond acceptors (Lipinski definition) is 4. The number of ether oxygens (including phenoxy) is 2. The number of nitrogens with one attached hydrogen (secondary N) is 1. The summed E-state index contributed by atoms with van der Waals surface area (Å²) in [7, 11) is 3.23. The van der Waals surface area contributed by atoms with E-state index in [1.807, 2.05) is 25.1 Å². The SMILES string of the molecule is COC(CC(CN)Nc1ccc(C)c(Cl)c1)OC. The molecule has 1 rings (SSSR count). The molecule has 0 heterocycles. The molecule has 0 spiro atoms. The van der Waals surface area contributed by atoms with E-state index < -0.39 is 0 Å². The predicted molar refractivity (Wildman–Crippen MR) is 75.1 cm³/mol. The summed E-state index contributed by atoms with van der Waals surface area (Å²) in [6.07, 6.45) is 0.418. The maximum absolute atomic E-state index is 6.08. The van der Waals surface area contributed by atoms with E-state index in [4.69, 9.17) is 26.8 Å². The lowest BCUT2D eigenvalue weighted by atomic mass is 10.1. The van der Waals surface area contributed by atoms with Crippen molar-refractivity contribution >= 4 is 17.3 Å². The lowest BCUT2D eigenvalue weighted by Crippen LogP contribution is -2.34. The zero-order chi connectivity index (χ0) is 13.5. The minimum absolute atomic E-state index is 0.0775. The van der Waals surface area contributed by atoms with E-state index in [1.165, 1.54) is 0 Å². The molecule has 1 aromatic rings. The Morgan fingerprint density at radius 1 is 1.33 bits per heavy atom. The molecule has 0 bridgehead atoms. The molecule has 1 atom stereocenters. The Morgan fingerprint density at radius 2 is 2.00 bits per heavy atom. The molecule has 5 heteroatoms. The molecule has 0 aromatic heterocycles. The van der Waals surface area contributed by atoms with Gasteiger partial charge in [-0.05, 0) is 24.6 Å². The van der Waals surface area contributed by atoms with Crippen molar-refractivity contribution in [2.24, 2.45) is 5.73 Å². The number of halogens is 1. The molecule has 1 aromatic carbocycles. The van der Waals surface area contributed by atoms with E-state index in [-0.39, 0.29) is 12.3 Å². The van der Waals surface area contributed by atoms with E-state index in [1.54, 1.807) is 14.2 Å². The van der Waals surface area contributed by atoms with E-state index in [2.05, 4.69) is 5.32 Å². The summed E-state index contributed by atoms with van der Waals surface area (Å²) in [4.78, 5) is 0. The van der Waals surface area contributed by atoms with Gasteiger partial charge in [0.15, 0.2) is 6.29 Å². The standard InChI is InChI=1S/C13H21ClN2O2/c1-9-4-5-10(6-12(9)14)16-11(8-15)7-13(17-2)18-3/h4-6,11,13,16H,7-8,15H2,1-3H3. The van der Waals surface area contributed by atoms with Crippen molar-refractivity contribution in [1.82, 2.24) is 0 Å². The van der Waals surface area contributed by atoms with Gasteiger partial charge in [-0.2, -0.15) is 0 Å². The molecule has 102 valence electrons. The quantitative estimate of drug-likeness (QED) is 0.749. The van der Waals surface area contributed by atoms with E-state index >= 15 is 0 Å². The third kappa shape index (κ3) is 4.46. The third-order valence-corrected chi connectivity index (χ3v) is 3.24. The second-order valence-electron chi connectivity index (χ2n) is 4.18. The normalized spacial score (nSPS) is 12.8. The van der Waals surface area contributed by atoms with Crippen molar-refractivity contribution in [1.29, 1.82) is 0 Å². The monoisotopic (exact) mass is 272 g/mol. The Bertz CT molecular complexity index is 370. The van der Waals surface area contributed by atoms with Crippen LogP contribution in [-0.2, 0) is 9.47 Å². The topological polar surface area (TPSA) is 56.5 Å². The van der Waals surface area contributed by atoms with Crippen molar-refractivity contribution in [3.63, 3.8) is 0 Å². The summed E-state index contributed by atoms with van der Waals surface area (Å²) in [6, 6.07) is 5.93. The number of hydrogen-bond donors (Lipinski definition) is 2. The van der Waals surface area contributed by atoms with Crippen molar-refractivity contribution in [3.05, 3.63) is 28.8 Å². The summed E-state index contributed by atoms with van der Waals surface area (Å²) in [5, 5.41) is 4.07. The maximum Gasteiger partial charge on any atom is 0.158 e. The van der Waals surface area contributed by atoms with Crippen LogP contribution in [0.1, 0.15) is 12.0 Å². The van der Waals surface area contributed by atoms with Gasteiger partial charge in [0.25, 0.3) is 0 Å². The molecule has 0 saturated heterocycles. The van der Waals surface area contributed by atoms with Crippen molar-refractivity contribution < 1.29 is 9.47 Å². The van der Waals surface area contributed by atoms with Crippen LogP contribution in [0.15, 0.2) is 18.2 Å². The molecule has 0 aliphatic carbocycles. The predicted octanol–water partition coefficient (Wildman–Crippen LogP) is 2.40. The van der Waals surface area contributed by atoms with Gasteiger partial charge in [0.2, 0.25) is 0 Å². The van der Waals surface area contributed by atoms with Crippen LogP contribution in [-0.4, -0.2) is 33.1 Å². The van der Waals surface area contributed by atoms with E-state index in [9.17, 15) is 0 Å². The molecule has 18 heavy (non-hydrogen) atoms. The smallest absolute Gasteiger partial charge is 0.158 e. The summed E-state index contributed by atoms with van der Waals surface area (Å²) in [6.45, 7) is 2.47. The fourth-order valence-electron chi connectivity index (χ4n) is 1.65. The van der Waals surface area contributed by atoms with Crippen molar-refractivity contribution in [2.45, 2.75) is 25.7 Å². The number of nitrogens with two attached hydrogens (primary N) is 1. The fourth-order valence-corrected chi connectivity index (χ4v) is 1.83. The summed E-state index contributed by atoms with van der Waals surface area (Å²) < 4.78 is 10.3. The molecule has 3 N–H and O–H groups in total. The van der Waals surface area contributed by atoms with Crippen LogP contribution in [0.3, 0.4) is 0 Å². The molecular weight excluding hydrogens is 252 g/mol. The molecule has 0 aliphatic heterocycles. The van der Waals surface area contributed by atoms with E-state index in [0.29, 0.717) is 13.0 Å². The maximum atomic E-state index is 6.08. The molecule has 0 amide bonds. The summed E-state index contributed by atoms with van der Waals surface area (Å²) in [5.41, 5.74) is 7.74. The Kier molecular flexibility index (Phi) is 6.43. The van der Waals surface area contributed by atoms with Crippen molar-refractivity contribution in [3.8, 4) is 0 Å². The van der Waals surface area contributed by atoms with Gasteiger partial charge in [-0.1, -0.05) is 17.7 Å². The first-order chi connectivity index (χ1) is 8.60. The van der Waals surface area contributed by atoms with Gasteiger partial charge in [0.05, 0.1) is 0 Å². The summed E-state index contributed by atoms with van der Waals surface area (Å²) >= 11 is 6.08. The molecule has 0 fully saturated rings. The number of aryl methyl sites for hydroxylation is 1. The van der Waals surface area contributed by atoms with E-state index in [0.717, 1.165) is 16.3 Å². The highest BCUT2D eigenvalue weighted by Crippen LogP contribution is 2.21. The van der Waals surface area contributed by atoms with Gasteiger partial charge in [-0.15, -0.1) is 0 Å². The largest absolute Gasteiger partial charge is 0.381 e. The van der Waals surface area contributed by atoms with Gasteiger partial charge < -0.3 is 20.5 Å². The molecule has 0 aliphatic rings. The minimum atomic E-state index is -0.257. The lowest BCUT2D eigenvalue weighted by molar-refractivity contribution is -0.107. The Morgan fingerprint density at radius 3 is 2.50 bits per heavy atom. The zero-order valence-electron chi connectivity index (χ0n) is 11.1. The number of anilines is 1. The van der Waals surface area contributed by atoms with Gasteiger partial charge in [-0.25, -0.2) is 0 Å². The van der Waals surface area contributed by atoms with Gasteiger partial charge in [0, 0.05) is 43.9 Å². The summed E-state index contributed by atoms with van der Waals surface area (Å²) in [5.74, 6) is 0. The lowest BCUT2D eigenvalue weighted by Gasteiger charge is -2.22. The van der Waals surface area contributed by atoms with Crippen LogP contribution in [0.4, 0.5) is 5.69 Å². The average molecular weight is 273 g/mol. The first kappa shape index (κ1) is 15.2. The third-order valence-electron chi connectivity index (χ3n) is 2.83. The highest BCUT2D eigenvalue weighted by atomic mass is 35.5. The highest BCUT2D eigenvalue weighted by molar-refractivity contribution is 6.31. The molecule has 0 saturated carbocycles. The van der Waals surface area contributed by atoms with Crippen molar-refractivity contribution in [2.75, 3.05) is 26.1 Å².